The Morgan fingerprint density at radius 2 is 2.27 bits per heavy atom. The summed E-state index contributed by atoms with van der Waals surface area (Å²) < 4.78 is 4.98. The number of carbonyl (C=O) groups is 1. The maximum atomic E-state index is 10.2. The molecule has 0 amide bonds. The van der Waals surface area contributed by atoms with Crippen molar-refractivity contribution in [2.45, 2.75) is 6.54 Å². The molecule has 0 aromatic heterocycles. The molecule has 0 fully saturated rings. The molecule has 15 heavy (non-hydrogen) atoms. The van der Waals surface area contributed by atoms with Crippen LogP contribution in [0.5, 0.6) is 11.5 Å². The zero-order chi connectivity index (χ0) is 11.3. The van der Waals surface area contributed by atoms with Gasteiger partial charge in [-0.15, -0.1) is 0 Å². The number of ether oxygens (including phenoxy) is 1. The molecule has 1 aromatic carbocycles. The summed E-state index contributed by atoms with van der Waals surface area (Å²) in [6.07, 6.45) is 0. The number of hydrogen-bond acceptors (Lipinski definition) is 4. The predicted molar refractivity (Wildman–Crippen MR) is 54.0 cm³/mol. The molecule has 5 nitrogen and oxygen atoms in total. The Bertz CT molecular complexity index is 351. The standard InChI is InChI=1S/C10H13NO4/c1-15-8-2-3-9(12)7(4-8)5-11-6-10(13)14/h2-4,11-12H,5-6H2,1H3,(H,13,14). The van der Waals surface area contributed by atoms with Crippen molar-refractivity contribution in [1.29, 1.82) is 0 Å². The highest BCUT2D eigenvalue weighted by Gasteiger charge is 2.03. The molecule has 0 unspecified atom stereocenters. The van der Waals surface area contributed by atoms with E-state index in [0.29, 0.717) is 11.3 Å². The number of carboxylic acids is 1. The van der Waals surface area contributed by atoms with Crippen molar-refractivity contribution >= 4 is 5.97 Å². The van der Waals surface area contributed by atoms with Gasteiger partial charge in [-0.1, -0.05) is 0 Å². The van der Waals surface area contributed by atoms with Crippen molar-refractivity contribution < 1.29 is 19.7 Å². The fourth-order valence-electron chi connectivity index (χ4n) is 1.13. The van der Waals surface area contributed by atoms with Crippen molar-refractivity contribution in [3.05, 3.63) is 23.8 Å². The molecule has 0 saturated heterocycles. The van der Waals surface area contributed by atoms with Crippen LogP contribution >= 0.6 is 0 Å². The van der Waals surface area contributed by atoms with Crippen LogP contribution in [0.25, 0.3) is 0 Å². The quantitative estimate of drug-likeness (QED) is 0.663. The van der Waals surface area contributed by atoms with Crippen LogP contribution in [0.15, 0.2) is 18.2 Å². The first-order valence-electron chi connectivity index (χ1n) is 4.42. The summed E-state index contributed by atoms with van der Waals surface area (Å²) >= 11 is 0. The summed E-state index contributed by atoms with van der Waals surface area (Å²) in [7, 11) is 1.53. The van der Waals surface area contributed by atoms with Crippen molar-refractivity contribution in [3.8, 4) is 11.5 Å². The van der Waals surface area contributed by atoms with E-state index in [0.717, 1.165) is 0 Å². The number of carboxylic acid groups (broad SMARTS) is 1. The summed E-state index contributed by atoms with van der Waals surface area (Å²) in [5.41, 5.74) is 0.607. The second kappa shape index (κ2) is 5.21. The monoisotopic (exact) mass is 211 g/mol. The smallest absolute Gasteiger partial charge is 0.317 e. The molecule has 3 N–H and O–H groups in total. The lowest BCUT2D eigenvalue weighted by Crippen LogP contribution is -2.21. The van der Waals surface area contributed by atoms with Gasteiger partial charge in [-0.05, 0) is 18.2 Å². The number of aliphatic carboxylic acids is 1. The number of rotatable bonds is 5. The minimum atomic E-state index is -0.933. The van der Waals surface area contributed by atoms with Crippen LogP contribution in [0.3, 0.4) is 0 Å². The first-order valence-corrected chi connectivity index (χ1v) is 4.42. The zero-order valence-electron chi connectivity index (χ0n) is 8.36. The van der Waals surface area contributed by atoms with E-state index in [9.17, 15) is 9.90 Å². The zero-order valence-corrected chi connectivity index (χ0v) is 8.36. The lowest BCUT2D eigenvalue weighted by atomic mass is 10.2. The molecule has 0 aliphatic rings. The van der Waals surface area contributed by atoms with Gasteiger partial charge in [-0.3, -0.25) is 4.79 Å². The summed E-state index contributed by atoms with van der Waals surface area (Å²) in [4.78, 5) is 10.2. The highest BCUT2D eigenvalue weighted by atomic mass is 16.5. The number of phenolic OH excluding ortho intramolecular Hbond substituents is 1. The molecule has 5 heteroatoms. The van der Waals surface area contributed by atoms with Crippen LogP contribution in [0, 0.1) is 0 Å². The van der Waals surface area contributed by atoms with Gasteiger partial charge >= 0.3 is 5.97 Å². The first kappa shape index (κ1) is 11.3. The van der Waals surface area contributed by atoms with E-state index < -0.39 is 5.97 Å². The molecule has 1 aromatic rings. The fourth-order valence-corrected chi connectivity index (χ4v) is 1.13. The van der Waals surface area contributed by atoms with Crippen LogP contribution in [-0.4, -0.2) is 29.8 Å². The Morgan fingerprint density at radius 1 is 1.53 bits per heavy atom. The number of methoxy groups -OCH3 is 1. The Labute approximate surface area is 87.3 Å². The number of benzene rings is 1. The normalized spacial score (nSPS) is 9.93. The molecule has 0 radical (unpaired) electrons. The fraction of sp³-hybridized carbons (Fsp3) is 0.300. The van der Waals surface area contributed by atoms with E-state index in [2.05, 4.69) is 5.32 Å². The topological polar surface area (TPSA) is 78.8 Å². The van der Waals surface area contributed by atoms with E-state index in [-0.39, 0.29) is 18.8 Å². The first-order chi connectivity index (χ1) is 7.13. The summed E-state index contributed by atoms with van der Waals surface area (Å²) in [5.74, 6) is -0.189. The van der Waals surface area contributed by atoms with Crippen molar-refractivity contribution in [3.63, 3.8) is 0 Å². The molecule has 0 saturated carbocycles. The van der Waals surface area contributed by atoms with Gasteiger partial charge in [0.1, 0.15) is 11.5 Å². The van der Waals surface area contributed by atoms with Gasteiger partial charge in [0, 0.05) is 12.1 Å². The van der Waals surface area contributed by atoms with Crippen molar-refractivity contribution in [1.82, 2.24) is 5.32 Å². The van der Waals surface area contributed by atoms with Gasteiger partial charge in [0.15, 0.2) is 0 Å². The highest BCUT2D eigenvalue weighted by Crippen LogP contribution is 2.22. The molecule has 0 heterocycles. The van der Waals surface area contributed by atoms with Crippen molar-refractivity contribution in [2.24, 2.45) is 0 Å². The Morgan fingerprint density at radius 3 is 2.87 bits per heavy atom. The Kier molecular flexibility index (Phi) is 3.93. The van der Waals surface area contributed by atoms with Gasteiger partial charge in [-0.25, -0.2) is 0 Å². The predicted octanol–water partition coefficient (Wildman–Crippen LogP) is 0.575. The van der Waals surface area contributed by atoms with Crippen LogP contribution in [0.2, 0.25) is 0 Å². The molecule has 0 aliphatic carbocycles. The summed E-state index contributed by atoms with van der Waals surface area (Å²) in [6.45, 7) is 0.145. The molecule has 82 valence electrons. The van der Waals surface area contributed by atoms with Crippen molar-refractivity contribution in [2.75, 3.05) is 13.7 Å². The minimum absolute atomic E-state index is 0.119. The number of phenols is 1. The van der Waals surface area contributed by atoms with E-state index in [1.54, 1.807) is 12.1 Å². The van der Waals surface area contributed by atoms with Crippen LogP contribution < -0.4 is 10.1 Å². The third-order valence-corrected chi connectivity index (χ3v) is 1.88. The molecule has 0 bridgehead atoms. The van der Waals surface area contributed by atoms with Crippen LogP contribution in [0.1, 0.15) is 5.56 Å². The van der Waals surface area contributed by atoms with Gasteiger partial charge in [-0.2, -0.15) is 0 Å². The second-order valence-electron chi connectivity index (χ2n) is 2.99. The summed E-state index contributed by atoms with van der Waals surface area (Å²) in [6, 6.07) is 4.80. The highest BCUT2D eigenvalue weighted by molar-refractivity contribution is 5.69. The van der Waals surface area contributed by atoms with Gasteiger partial charge in [0.25, 0.3) is 0 Å². The maximum absolute atomic E-state index is 10.2. The SMILES string of the molecule is COc1ccc(O)c(CNCC(=O)O)c1. The molecule has 1 rings (SSSR count). The lowest BCUT2D eigenvalue weighted by Gasteiger charge is -2.07. The largest absolute Gasteiger partial charge is 0.508 e. The second-order valence-corrected chi connectivity index (χ2v) is 2.99. The third kappa shape index (κ3) is 3.47. The average molecular weight is 211 g/mol. The Balaban J connectivity index is 2.62. The maximum Gasteiger partial charge on any atom is 0.317 e. The number of aromatic hydroxyl groups is 1. The van der Waals surface area contributed by atoms with Gasteiger partial charge in [0.2, 0.25) is 0 Å². The molecule has 0 aliphatic heterocycles. The van der Waals surface area contributed by atoms with E-state index in [4.69, 9.17) is 9.84 Å². The van der Waals surface area contributed by atoms with E-state index >= 15 is 0 Å². The molecular formula is C10H13NO4. The minimum Gasteiger partial charge on any atom is -0.508 e. The van der Waals surface area contributed by atoms with Gasteiger partial charge < -0.3 is 20.3 Å². The van der Waals surface area contributed by atoms with E-state index in [1.807, 2.05) is 0 Å². The third-order valence-electron chi connectivity index (χ3n) is 1.88. The lowest BCUT2D eigenvalue weighted by molar-refractivity contribution is -0.136. The van der Waals surface area contributed by atoms with Crippen LogP contribution in [-0.2, 0) is 11.3 Å². The van der Waals surface area contributed by atoms with Gasteiger partial charge in [0.05, 0.1) is 13.7 Å². The Hall–Kier alpha value is -1.75. The van der Waals surface area contributed by atoms with Crippen LogP contribution in [0.4, 0.5) is 0 Å². The number of hydrogen-bond donors (Lipinski definition) is 3. The molecule has 0 spiro atoms. The average Bonchev–Trinajstić information content (AvgIpc) is 2.20. The molecule has 0 atom stereocenters. The summed E-state index contributed by atoms with van der Waals surface area (Å²) in [5, 5.41) is 20.5. The van der Waals surface area contributed by atoms with E-state index in [1.165, 1.54) is 13.2 Å². The molecular weight excluding hydrogens is 198 g/mol. The number of nitrogens with one attached hydrogen (secondary N) is 1.